The van der Waals surface area contributed by atoms with E-state index in [0.29, 0.717) is 0 Å². The van der Waals surface area contributed by atoms with Gasteiger partial charge in [0.25, 0.3) is 0 Å². The topological polar surface area (TPSA) is 52.7 Å². The molecule has 21 heavy (non-hydrogen) atoms. The average molecular weight is 298 g/mol. The minimum Gasteiger partial charge on any atom is -0.271 e. The van der Waals surface area contributed by atoms with E-state index in [1.165, 1.54) is 16.2 Å². The van der Waals surface area contributed by atoms with E-state index in [1.54, 1.807) is 0 Å². The average Bonchev–Trinajstić information content (AvgIpc) is 3.17. The van der Waals surface area contributed by atoms with Crippen LogP contribution in [0.2, 0.25) is 0 Å². The van der Waals surface area contributed by atoms with Gasteiger partial charge in [0.05, 0.1) is 11.7 Å². The monoisotopic (exact) mass is 298 g/mol. The molecule has 0 aliphatic carbocycles. The minimum atomic E-state index is -0.0698. The number of fused-ring (bicyclic) bond motifs is 1. The first-order valence-corrected chi connectivity index (χ1v) is 7.76. The molecule has 0 saturated heterocycles. The van der Waals surface area contributed by atoms with Crippen LogP contribution in [0.3, 0.4) is 0 Å². The summed E-state index contributed by atoms with van der Waals surface area (Å²) in [5.74, 6) is 0.861. The van der Waals surface area contributed by atoms with Crippen LogP contribution >= 0.6 is 11.5 Å². The summed E-state index contributed by atoms with van der Waals surface area (Å²) in [6, 6.07) is 10.2. The lowest BCUT2D eigenvalue weighted by molar-refractivity contribution is 0.587. The first-order chi connectivity index (χ1) is 10.3. The van der Waals surface area contributed by atoms with Crippen molar-refractivity contribution in [2.24, 2.45) is 0 Å². The molecule has 3 heterocycles. The van der Waals surface area contributed by atoms with Crippen molar-refractivity contribution in [3.63, 3.8) is 0 Å². The second-order valence-corrected chi connectivity index (χ2v) is 5.86. The zero-order chi connectivity index (χ0) is 14.4. The minimum absolute atomic E-state index is 0.0698. The summed E-state index contributed by atoms with van der Waals surface area (Å²) in [4.78, 5) is 12.7. The van der Waals surface area contributed by atoms with Crippen molar-refractivity contribution in [3.05, 3.63) is 63.3 Å². The van der Waals surface area contributed by atoms with Crippen LogP contribution in [0.1, 0.15) is 29.5 Å². The zero-order valence-corrected chi connectivity index (χ0v) is 12.4. The van der Waals surface area contributed by atoms with Crippen molar-refractivity contribution in [1.29, 1.82) is 0 Å². The molecule has 4 rings (SSSR count). The van der Waals surface area contributed by atoms with Crippen molar-refractivity contribution in [1.82, 2.24) is 18.7 Å². The molecule has 3 aromatic rings. The number of aryl methyl sites for hydroxylation is 2. The summed E-state index contributed by atoms with van der Waals surface area (Å²) in [5.41, 5.74) is 2.73. The Morgan fingerprint density at radius 2 is 2.10 bits per heavy atom. The molecule has 0 radical (unpaired) electrons. The van der Waals surface area contributed by atoms with E-state index in [2.05, 4.69) is 21.6 Å². The predicted octanol–water partition coefficient (Wildman–Crippen LogP) is 2.33. The molecule has 1 aliphatic heterocycles. The van der Waals surface area contributed by atoms with Crippen LogP contribution in [0.5, 0.6) is 0 Å². The molecule has 2 aromatic heterocycles. The molecule has 0 bridgehead atoms. The van der Waals surface area contributed by atoms with Gasteiger partial charge in [-0.3, -0.25) is 4.57 Å². The summed E-state index contributed by atoms with van der Waals surface area (Å²) < 4.78 is 7.54. The van der Waals surface area contributed by atoms with Crippen molar-refractivity contribution in [2.75, 3.05) is 0 Å². The Morgan fingerprint density at radius 1 is 1.29 bits per heavy atom. The summed E-state index contributed by atoms with van der Waals surface area (Å²) >= 11 is 1.35. The van der Waals surface area contributed by atoms with Crippen LogP contribution < -0.4 is 5.69 Å². The molecule has 0 saturated carbocycles. The highest BCUT2D eigenvalue weighted by Gasteiger charge is 2.29. The first kappa shape index (κ1) is 12.5. The molecule has 0 spiro atoms. The van der Waals surface area contributed by atoms with Crippen LogP contribution in [-0.4, -0.2) is 18.7 Å². The SMILES string of the molecule is Cc1nscc1-n1nc2n(c1=O)[C@H](c1ccccc1)CC2. The Labute approximate surface area is 125 Å². The Balaban J connectivity index is 1.85. The van der Waals surface area contributed by atoms with Gasteiger partial charge in [0.15, 0.2) is 0 Å². The van der Waals surface area contributed by atoms with Crippen LogP contribution in [-0.2, 0) is 6.42 Å². The van der Waals surface area contributed by atoms with Crippen LogP contribution in [0.25, 0.3) is 5.69 Å². The molecule has 1 aliphatic rings. The smallest absolute Gasteiger partial charge is 0.271 e. The summed E-state index contributed by atoms with van der Waals surface area (Å²) in [6.45, 7) is 1.90. The van der Waals surface area contributed by atoms with E-state index in [4.69, 9.17) is 0 Å². The highest BCUT2D eigenvalue weighted by atomic mass is 32.1. The second kappa shape index (κ2) is 4.66. The number of hydrogen-bond donors (Lipinski definition) is 0. The fraction of sp³-hybridized carbons (Fsp3) is 0.267. The quantitative estimate of drug-likeness (QED) is 0.729. The molecule has 5 nitrogen and oxygen atoms in total. The highest BCUT2D eigenvalue weighted by molar-refractivity contribution is 7.04. The van der Waals surface area contributed by atoms with Gasteiger partial charge < -0.3 is 0 Å². The highest BCUT2D eigenvalue weighted by Crippen LogP contribution is 2.29. The summed E-state index contributed by atoms with van der Waals surface area (Å²) in [6.07, 6.45) is 1.77. The first-order valence-electron chi connectivity index (χ1n) is 6.92. The largest absolute Gasteiger partial charge is 0.351 e. The molecule has 1 atom stereocenters. The van der Waals surface area contributed by atoms with E-state index in [0.717, 1.165) is 35.6 Å². The third-order valence-electron chi connectivity index (χ3n) is 3.97. The lowest BCUT2D eigenvalue weighted by Crippen LogP contribution is -2.26. The van der Waals surface area contributed by atoms with Gasteiger partial charge in [-0.15, -0.1) is 5.10 Å². The molecule has 6 heteroatoms. The Hall–Kier alpha value is -2.21. The second-order valence-electron chi connectivity index (χ2n) is 5.23. The fourth-order valence-corrected chi connectivity index (χ4v) is 3.61. The van der Waals surface area contributed by atoms with E-state index < -0.39 is 0 Å². The maximum Gasteiger partial charge on any atom is 0.351 e. The van der Waals surface area contributed by atoms with Crippen molar-refractivity contribution < 1.29 is 0 Å². The van der Waals surface area contributed by atoms with Gasteiger partial charge in [0.2, 0.25) is 0 Å². The van der Waals surface area contributed by atoms with E-state index in [-0.39, 0.29) is 11.7 Å². The molecule has 106 valence electrons. The van der Waals surface area contributed by atoms with E-state index in [9.17, 15) is 4.79 Å². The van der Waals surface area contributed by atoms with Crippen LogP contribution in [0.4, 0.5) is 0 Å². The summed E-state index contributed by atoms with van der Waals surface area (Å²) in [7, 11) is 0. The Morgan fingerprint density at radius 3 is 2.81 bits per heavy atom. The van der Waals surface area contributed by atoms with E-state index in [1.807, 2.05) is 35.1 Å². The predicted molar refractivity (Wildman–Crippen MR) is 81.1 cm³/mol. The van der Waals surface area contributed by atoms with Crippen molar-refractivity contribution in [3.8, 4) is 5.69 Å². The third-order valence-corrected chi connectivity index (χ3v) is 4.68. The molecule has 0 unspecified atom stereocenters. The molecule has 1 aromatic carbocycles. The lowest BCUT2D eigenvalue weighted by atomic mass is 10.1. The van der Waals surface area contributed by atoms with Crippen molar-refractivity contribution >= 4 is 11.5 Å². The number of benzene rings is 1. The van der Waals surface area contributed by atoms with Gasteiger partial charge >= 0.3 is 5.69 Å². The summed E-state index contributed by atoms with van der Waals surface area (Å²) in [5, 5.41) is 6.38. The third kappa shape index (κ3) is 1.86. The maximum atomic E-state index is 12.7. The zero-order valence-electron chi connectivity index (χ0n) is 11.6. The molecule has 0 N–H and O–H groups in total. The van der Waals surface area contributed by atoms with Crippen LogP contribution in [0, 0.1) is 6.92 Å². The standard InChI is InChI=1S/C15H14N4OS/c1-10-13(9-21-17-10)19-15(20)18-12(7-8-14(18)16-19)11-5-3-2-4-6-11/h2-6,9,12H,7-8H2,1H3/t12-/m0/s1. The molecular formula is C15H14N4OS. The number of nitrogens with zero attached hydrogens (tertiary/aromatic N) is 4. The molecular weight excluding hydrogens is 284 g/mol. The van der Waals surface area contributed by atoms with Gasteiger partial charge in [-0.05, 0) is 30.4 Å². The Kier molecular flexibility index (Phi) is 2.78. The maximum absolute atomic E-state index is 12.7. The molecule has 0 fully saturated rings. The fourth-order valence-electron chi connectivity index (χ4n) is 2.94. The number of rotatable bonds is 2. The van der Waals surface area contributed by atoms with E-state index >= 15 is 0 Å². The van der Waals surface area contributed by atoms with Crippen molar-refractivity contribution in [2.45, 2.75) is 25.8 Å². The Bertz CT molecular complexity index is 846. The van der Waals surface area contributed by atoms with Gasteiger partial charge in [0, 0.05) is 11.8 Å². The molecule has 0 amide bonds. The van der Waals surface area contributed by atoms with Gasteiger partial charge in [-0.25, -0.2) is 4.79 Å². The normalized spacial score (nSPS) is 17.1. The van der Waals surface area contributed by atoms with Crippen LogP contribution in [0.15, 0.2) is 40.5 Å². The number of hydrogen-bond acceptors (Lipinski definition) is 4. The van der Waals surface area contributed by atoms with Gasteiger partial charge in [-0.1, -0.05) is 30.3 Å². The lowest BCUT2D eigenvalue weighted by Gasteiger charge is -2.11. The number of aromatic nitrogens is 4. The van der Waals surface area contributed by atoms with Gasteiger partial charge in [-0.2, -0.15) is 9.06 Å². The van der Waals surface area contributed by atoms with Gasteiger partial charge in [0.1, 0.15) is 11.5 Å².